The number of benzene rings is 1. The molecule has 0 aliphatic carbocycles. The smallest absolute Gasteiger partial charge is 0.155 e. The molecule has 0 fully saturated rings. The van der Waals surface area contributed by atoms with E-state index >= 15 is 0 Å². The zero-order valence-electron chi connectivity index (χ0n) is 9.07. The third-order valence-corrected chi connectivity index (χ3v) is 1.79. The highest BCUT2D eigenvalue weighted by atomic mass is 16.7. The Morgan fingerprint density at radius 2 is 1.71 bits per heavy atom. The predicted octanol–water partition coefficient (Wildman–Crippen LogP) is 2.97. The predicted molar refractivity (Wildman–Crippen MR) is 56.9 cm³/mol. The van der Waals surface area contributed by atoms with Crippen LogP contribution in [0, 0.1) is 0 Å². The molecule has 0 aromatic heterocycles. The van der Waals surface area contributed by atoms with Crippen molar-refractivity contribution >= 4 is 0 Å². The van der Waals surface area contributed by atoms with E-state index in [1.807, 2.05) is 51.1 Å². The van der Waals surface area contributed by atoms with Gasteiger partial charge in [-0.25, -0.2) is 0 Å². The molecule has 0 spiro atoms. The van der Waals surface area contributed by atoms with Gasteiger partial charge in [-0.3, -0.25) is 0 Å². The highest BCUT2D eigenvalue weighted by Crippen LogP contribution is 2.05. The van der Waals surface area contributed by atoms with E-state index in [2.05, 4.69) is 0 Å². The van der Waals surface area contributed by atoms with E-state index in [1.54, 1.807) is 0 Å². The van der Waals surface area contributed by atoms with E-state index < -0.39 is 0 Å². The molecular formula is C12H18O2. The van der Waals surface area contributed by atoms with E-state index in [0.29, 0.717) is 6.61 Å². The third-order valence-electron chi connectivity index (χ3n) is 1.79. The molecule has 0 radical (unpaired) electrons. The van der Waals surface area contributed by atoms with Crippen molar-refractivity contribution in [3.63, 3.8) is 0 Å². The molecule has 2 nitrogen and oxygen atoms in total. The summed E-state index contributed by atoms with van der Waals surface area (Å²) >= 11 is 0. The molecule has 1 unspecified atom stereocenters. The summed E-state index contributed by atoms with van der Waals surface area (Å²) in [5.74, 6) is 0. The monoisotopic (exact) mass is 194 g/mol. The summed E-state index contributed by atoms with van der Waals surface area (Å²) in [6, 6.07) is 10.1. The highest BCUT2D eigenvalue weighted by Gasteiger charge is 2.04. The molecule has 0 heterocycles. The van der Waals surface area contributed by atoms with Gasteiger partial charge >= 0.3 is 0 Å². The minimum Gasteiger partial charge on any atom is -0.350 e. The first-order chi connectivity index (χ1) is 6.68. The van der Waals surface area contributed by atoms with Crippen LogP contribution in [0.2, 0.25) is 0 Å². The van der Waals surface area contributed by atoms with Crippen LogP contribution in [0.3, 0.4) is 0 Å². The van der Waals surface area contributed by atoms with E-state index in [1.165, 1.54) is 5.56 Å². The minimum absolute atomic E-state index is 0.143. The van der Waals surface area contributed by atoms with Gasteiger partial charge in [-0.05, 0) is 26.3 Å². The molecule has 14 heavy (non-hydrogen) atoms. The fourth-order valence-corrected chi connectivity index (χ4v) is 1.21. The molecule has 0 N–H and O–H groups in total. The average Bonchev–Trinajstić information content (AvgIpc) is 2.15. The summed E-state index contributed by atoms with van der Waals surface area (Å²) in [6.07, 6.45) is 0.0657. The zero-order valence-corrected chi connectivity index (χ0v) is 9.07. The quantitative estimate of drug-likeness (QED) is 0.671. The lowest BCUT2D eigenvalue weighted by molar-refractivity contribution is -0.157. The maximum atomic E-state index is 5.52. The lowest BCUT2D eigenvalue weighted by Crippen LogP contribution is -2.17. The van der Waals surface area contributed by atoms with Crippen LogP contribution in [-0.2, 0) is 16.1 Å². The molecule has 1 aromatic rings. The van der Waals surface area contributed by atoms with E-state index in [-0.39, 0.29) is 12.4 Å². The normalized spacial score (nSPS) is 13.1. The van der Waals surface area contributed by atoms with Gasteiger partial charge in [-0.15, -0.1) is 0 Å². The van der Waals surface area contributed by atoms with Gasteiger partial charge in [-0.2, -0.15) is 0 Å². The van der Waals surface area contributed by atoms with Crippen LogP contribution in [0.5, 0.6) is 0 Å². The second-order valence-corrected chi connectivity index (χ2v) is 3.55. The Kier molecular flexibility index (Phi) is 4.63. The van der Waals surface area contributed by atoms with Gasteiger partial charge < -0.3 is 9.47 Å². The van der Waals surface area contributed by atoms with E-state index in [4.69, 9.17) is 9.47 Å². The van der Waals surface area contributed by atoms with E-state index in [9.17, 15) is 0 Å². The molecule has 1 rings (SSSR count). The van der Waals surface area contributed by atoms with Gasteiger partial charge in [0.15, 0.2) is 6.29 Å². The van der Waals surface area contributed by atoms with Crippen LogP contribution < -0.4 is 0 Å². The van der Waals surface area contributed by atoms with Gasteiger partial charge in [0, 0.05) is 0 Å². The lowest BCUT2D eigenvalue weighted by Gasteiger charge is -2.16. The summed E-state index contributed by atoms with van der Waals surface area (Å²) in [4.78, 5) is 0. The van der Waals surface area contributed by atoms with Crippen molar-refractivity contribution in [3.8, 4) is 0 Å². The summed E-state index contributed by atoms with van der Waals surface area (Å²) in [5, 5.41) is 0. The fourth-order valence-electron chi connectivity index (χ4n) is 1.21. The molecule has 1 atom stereocenters. The van der Waals surface area contributed by atoms with Crippen LogP contribution in [0.15, 0.2) is 30.3 Å². The number of rotatable bonds is 5. The minimum atomic E-state index is -0.143. The summed E-state index contributed by atoms with van der Waals surface area (Å²) in [7, 11) is 0. The molecule has 1 aromatic carbocycles. The van der Waals surface area contributed by atoms with Gasteiger partial charge in [0.1, 0.15) is 0 Å². The summed E-state index contributed by atoms with van der Waals surface area (Å²) in [5.41, 5.74) is 1.17. The van der Waals surface area contributed by atoms with Crippen molar-refractivity contribution in [2.45, 2.75) is 39.8 Å². The fraction of sp³-hybridized carbons (Fsp3) is 0.500. The molecule has 0 bridgehead atoms. The molecule has 78 valence electrons. The Morgan fingerprint density at radius 3 is 2.29 bits per heavy atom. The van der Waals surface area contributed by atoms with Gasteiger partial charge in [0.25, 0.3) is 0 Å². The molecule has 0 amide bonds. The average molecular weight is 194 g/mol. The van der Waals surface area contributed by atoms with Crippen LogP contribution in [0.25, 0.3) is 0 Å². The largest absolute Gasteiger partial charge is 0.350 e. The summed E-state index contributed by atoms with van der Waals surface area (Å²) < 4.78 is 11.0. The Labute approximate surface area is 85.8 Å². The van der Waals surface area contributed by atoms with Crippen molar-refractivity contribution in [1.82, 2.24) is 0 Å². The molecule has 2 heteroatoms. The second-order valence-electron chi connectivity index (χ2n) is 3.55. The first-order valence-electron chi connectivity index (χ1n) is 4.99. The number of ether oxygens (including phenoxy) is 2. The topological polar surface area (TPSA) is 18.5 Å². The Bertz CT molecular complexity index is 244. The first kappa shape index (κ1) is 11.2. The van der Waals surface area contributed by atoms with Gasteiger partial charge in [0.05, 0.1) is 12.7 Å². The highest BCUT2D eigenvalue weighted by molar-refractivity contribution is 5.13. The van der Waals surface area contributed by atoms with Crippen molar-refractivity contribution in [3.05, 3.63) is 35.9 Å². The van der Waals surface area contributed by atoms with Crippen LogP contribution >= 0.6 is 0 Å². The van der Waals surface area contributed by atoms with E-state index in [0.717, 1.165) is 0 Å². The number of hydrogen-bond acceptors (Lipinski definition) is 2. The molecule has 0 aliphatic heterocycles. The molecule has 0 saturated heterocycles. The molecule has 0 aliphatic rings. The number of hydrogen-bond donors (Lipinski definition) is 0. The van der Waals surface area contributed by atoms with Crippen LogP contribution in [-0.4, -0.2) is 12.4 Å². The SMILES string of the molecule is CC(C)OC(C)OCc1ccccc1. The van der Waals surface area contributed by atoms with Gasteiger partial charge in [-0.1, -0.05) is 30.3 Å². The Hall–Kier alpha value is -0.860. The van der Waals surface area contributed by atoms with Crippen molar-refractivity contribution < 1.29 is 9.47 Å². The zero-order chi connectivity index (χ0) is 10.4. The third kappa shape index (κ3) is 4.40. The summed E-state index contributed by atoms with van der Waals surface area (Å²) in [6.45, 7) is 6.53. The maximum absolute atomic E-state index is 5.52. The van der Waals surface area contributed by atoms with Crippen LogP contribution in [0.1, 0.15) is 26.3 Å². The van der Waals surface area contributed by atoms with Gasteiger partial charge in [0.2, 0.25) is 0 Å². The molecular weight excluding hydrogens is 176 g/mol. The second kappa shape index (κ2) is 5.78. The van der Waals surface area contributed by atoms with Crippen molar-refractivity contribution in [1.29, 1.82) is 0 Å². The van der Waals surface area contributed by atoms with Crippen molar-refractivity contribution in [2.75, 3.05) is 0 Å². The van der Waals surface area contributed by atoms with Crippen molar-refractivity contribution in [2.24, 2.45) is 0 Å². The Balaban J connectivity index is 2.27. The lowest BCUT2D eigenvalue weighted by atomic mass is 10.2. The van der Waals surface area contributed by atoms with Crippen LogP contribution in [0.4, 0.5) is 0 Å². The molecule has 0 saturated carbocycles. The maximum Gasteiger partial charge on any atom is 0.155 e. The first-order valence-corrected chi connectivity index (χ1v) is 4.99. The standard InChI is InChI=1S/C12H18O2/c1-10(2)14-11(3)13-9-12-7-5-4-6-8-12/h4-8,10-11H,9H2,1-3H3. The Morgan fingerprint density at radius 1 is 1.07 bits per heavy atom.